The van der Waals surface area contributed by atoms with E-state index >= 15 is 0 Å². The second kappa shape index (κ2) is 6.12. The second-order valence-electron chi connectivity index (χ2n) is 4.29. The number of piperidine rings is 1. The largest absolute Gasteiger partial charge is 0.466 e. The van der Waals surface area contributed by atoms with Gasteiger partial charge in [-0.2, -0.15) is 0 Å². The summed E-state index contributed by atoms with van der Waals surface area (Å²) in [5.74, 6) is 0.0122. The van der Waals surface area contributed by atoms with E-state index in [-0.39, 0.29) is 11.9 Å². The second-order valence-corrected chi connectivity index (χ2v) is 5.26. The summed E-state index contributed by atoms with van der Waals surface area (Å²) < 4.78 is 5.09. The Bertz CT molecular complexity index is 353. The van der Waals surface area contributed by atoms with Gasteiger partial charge in [-0.05, 0) is 26.3 Å². The molecule has 0 aliphatic carbocycles. The van der Waals surface area contributed by atoms with Gasteiger partial charge in [0.2, 0.25) is 0 Å². The van der Waals surface area contributed by atoms with Crippen molar-refractivity contribution in [3.63, 3.8) is 0 Å². The van der Waals surface area contributed by atoms with Gasteiger partial charge in [-0.3, -0.25) is 14.7 Å². The van der Waals surface area contributed by atoms with Crippen LogP contribution in [0.25, 0.3) is 0 Å². The van der Waals surface area contributed by atoms with E-state index in [4.69, 9.17) is 4.74 Å². The number of rotatable bonds is 4. The first-order valence-electron chi connectivity index (χ1n) is 6.06. The van der Waals surface area contributed by atoms with Crippen molar-refractivity contribution in [1.82, 2.24) is 9.88 Å². The number of ether oxygens (including phenoxy) is 1. The number of carbonyl (C=O) groups is 1. The van der Waals surface area contributed by atoms with Crippen molar-refractivity contribution in [3.05, 3.63) is 16.6 Å². The van der Waals surface area contributed by atoms with Crippen LogP contribution in [0, 0.1) is 5.92 Å². The summed E-state index contributed by atoms with van der Waals surface area (Å²) in [4.78, 5) is 19.3. The van der Waals surface area contributed by atoms with Crippen molar-refractivity contribution >= 4 is 17.3 Å². The fraction of sp³-hybridized carbons (Fsp3) is 0.667. The summed E-state index contributed by atoms with van der Waals surface area (Å²) in [6.45, 7) is 5.12. The van der Waals surface area contributed by atoms with E-state index in [1.807, 2.05) is 18.6 Å². The summed E-state index contributed by atoms with van der Waals surface area (Å²) in [5, 5.41) is 0. The number of esters is 1. The van der Waals surface area contributed by atoms with Crippen LogP contribution in [0.1, 0.15) is 24.6 Å². The Balaban J connectivity index is 1.86. The SMILES string of the molecule is CCOC(=O)[C@H]1CCCN(Cc2cncs2)C1. The van der Waals surface area contributed by atoms with E-state index in [2.05, 4.69) is 9.88 Å². The first kappa shape index (κ1) is 12.5. The molecule has 0 spiro atoms. The van der Waals surface area contributed by atoms with Crippen molar-refractivity contribution in [1.29, 1.82) is 0 Å². The van der Waals surface area contributed by atoms with Crippen LogP contribution in [0.5, 0.6) is 0 Å². The molecule has 0 saturated carbocycles. The maximum atomic E-state index is 11.7. The van der Waals surface area contributed by atoms with Crippen LogP contribution in [0.4, 0.5) is 0 Å². The van der Waals surface area contributed by atoms with E-state index in [1.54, 1.807) is 11.3 Å². The zero-order valence-corrected chi connectivity index (χ0v) is 10.9. The van der Waals surface area contributed by atoms with Crippen LogP contribution in [0.15, 0.2) is 11.7 Å². The number of thiazole rings is 1. The topological polar surface area (TPSA) is 42.4 Å². The van der Waals surface area contributed by atoms with Crippen LogP contribution in [-0.4, -0.2) is 35.5 Å². The Morgan fingerprint density at radius 3 is 3.29 bits per heavy atom. The normalized spacial score (nSPS) is 21.4. The molecule has 1 saturated heterocycles. The molecule has 1 atom stereocenters. The van der Waals surface area contributed by atoms with Crippen LogP contribution in [0.3, 0.4) is 0 Å². The average Bonchev–Trinajstić information content (AvgIpc) is 2.82. The zero-order valence-electron chi connectivity index (χ0n) is 10.1. The molecule has 2 rings (SSSR count). The summed E-state index contributed by atoms with van der Waals surface area (Å²) in [6.07, 6.45) is 3.93. The third-order valence-corrected chi connectivity index (χ3v) is 3.75. The number of carbonyl (C=O) groups excluding carboxylic acids is 1. The number of hydrogen-bond acceptors (Lipinski definition) is 5. The lowest BCUT2D eigenvalue weighted by atomic mass is 9.98. The Labute approximate surface area is 106 Å². The molecule has 1 fully saturated rings. The molecule has 5 heteroatoms. The number of aromatic nitrogens is 1. The molecule has 4 nitrogen and oxygen atoms in total. The lowest BCUT2D eigenvalue weighted by molar-refractivity contribution is -0.150. The van der Waals surface area contributed by atoms with Gasteiger partial charge in [0.15, 0.2) is 0 Å². The van der Waals surface area contributed by atoms with Crippen LogP contribution >= 0.6 is 11.3 Å². The van der Waals surface area contributed by atoms with E-state index in [0.29, 0.717) is 6.61 Å². The van der Waals surface area contributed by atoms with Crippen LogP contribution < -0.4 is 0 Å². The molecule has 1 aliphatic heterocycles. The molecule has 2 heterocycles. The molecule has 0 aromatic carbocycles. The fourth-order valence-corrected chi connectivity index (χ4v) is 2.83. The standard InChI is InChI=1S/C12H18N2O2S/c1-2-16-12(15)10-4-3-5-14(7-10)8-11-6-13-9-17-11/h6,9-10H,2-5,7-8H2,1H3/t10-/m0/s1. The highest BCUT2D eigenvalue weighted by Gasteiger charge is 2.26. The Morgan fingerprint density at radius 1 is 1.71 bits per heavy atom. The van der Waals surface area contributed by atoms with Crippen molar-refractivity contribution < 1.29 is 9.53 Å². The Hall–Kier alpha value is -0.940. The van der Waals surface area contributed by atoms with Crippen molar-refractivity contribution in [2.24, 2.45) is 5.92 Å². The van der Waals surface area contributed by atoms with Gasteiger partial charge in [-0.1, -0.05) is 0 Å². The van der Waals surface area contributed by atoms with Gasteiger partial charge in [-0.25, -0.2) is 0 Å². The molecule has 0 unspecified atom stereocenters. The molecular formula is C12H18N2O2S. The number of hydrogen-bond donors (Lipinski definition) is 0. The first-order valence-corrected chi connectivity index (χ1v) is 6.94. The highest BCUT2D eigenvalue weighted by atomic mass is 32.1. The third kappa shape index (κ3) is 3.51. The lowest BCUT2D eigenvalue weighted by Gasteiger charge is -2.30. The molecule has 0 amide bonds. The number of likely N-dealkylation sites (tertiary alicyclic amines) is 1. The molecule has 1 aromatic heterocycles. The van der Waals surface area contributed by atoms with E-state index in [1.165, 1.54) is 4.88 Å². The monoisotopic (exact) mass is 254 g/mol. The van der Waals surface area contributed by atoms with Crippen molar-refractivity contribution in [2.45, 2.75) is 26.3 Å². The maximum absolute atomic E-state index is 11.7. The van der Waals surface area contributed by atoms with Crippen LogP contribution in [-0.2, 0) is 16.1 Å². The summed E-state index contributed by atoms with van der Waals surface area (Å²) in [5.41, 5.74) is 1.85. The van der Waals surface area contributed by atoms with Gasteiger partial charge >= 0.3 is 5.97 Å². The third-order valence-electron chi connectivity index (χ3n) is 2.99. The molecule has 0 radical (unpaired) electrons. The Morgan fingerprint density at radius 2 is 2.59 bits per heavy atom. The highest BCUT2D eigenvalue weighted by Crippen LogP contribution is 2.20. The van der Waals surface area contributed by atoms with E-state index in [9.17, 15) is 4.79 Å². The van der Waals surface area contributed by atoms with Crippen LogP contribution in [0.2, 0.25) is 0 Å². The zero-order chi connectivity index (χ0) is 12.1. The van der Waals surface area contributed by atoms with Gasteiger partial charge in [0, 0.05) is 24.2 Å². The minimum absolute atomic E-state index is 0.0403. The first-order chi connectivity index (χ1) is 8.29. The summed E-state index contributed by atoms with van der Waals surface area (Å²) >= 11 is 1.67. The molecule has 0 bridgehead atoms. The van der Waals surface area contributed by atoms with E-state index < -0.39 is 0 Å². The van der Waals surface area contributed by atoms with E-state index in [0.717, 1.165) is 32.5 Å². The predicted octanol–water partition coefficient (Wildman–Crippen LogP) is 1.92. The molecular weight excluding hydrogens is 236 g/mol. The summed E-state index contributed by atoms with van der Waals surface area (Å²) in [6, 6.07) is 0. The highest BCUT2D eigenvalue weighted by molar-refractivity contribution is 7.09. The number of nitrogens with zero attached hydrogens (tertiary/aromatic N) is 2. The molecule has 17 heavy (non-hydrogen) atoms. The molecule has 94 valence electrons. The average molecular weight is 254 g/mol. The smallest absolute Gasteiger partial charge is 0.310 e. The van der Waals surface area contributed by atoms with Gasteiger partial charge < -0.3 is 4.74 Å². The maximum Gasteiger partial charge on any atom is 0.310 e. The summed E-state index contributed by atoms with van der Waals surface area (Å²) in [7, 11) is 0. The van der Waals surface area contributed by atoms with Crippen molar-refractivity contribution in [3.8, 4) is 0 Å². The molecule has 1 aliphatic rings. The minimum atomic E-state index is -0.0403. The quantitative estimate of drug-likeness (QED) is 0.770. The van der Waals surface area contributed by atoms with Gasteiger partial charge in [-0.15, -0.1) is 11.3 Å². The predicted molar refractivity (Wildman–Crippen MR) is 66.7 cm³/mol. The molecule has 1 aromatic rings. The molecule has 0 N–H and O–H groups in total. The van der Waals surface area contributed by atoms with Gasteiger partial charge in [0.1, 0.15) is 0 Å². The lowest BCUT2D eigenvalue weighted by Crippen LogP contribution is -2.38. The van der Waals surface area contributed by atoms with Crippen molar-refractivity contribution in [2.75, 3.05) is 19.7 Å². The minimum Gasteiger partial charge on any atom is -0.466 e. The fourth-order valence-electron chi connectivity index (χ4n) is 2.19. The van der Waals surface area contributed by atoms with Gasteiger partial charge in [0.05, 0.1) is 18.0 Å². The van der Waals surface area contributed by atoms with Gasteiger partial charge in [0.25, 0.3) is 0 Å². The Kier molecular flexibility index (Phi) is 4.50.